The number of hydrogen-bond acceptors (Lipinski definition) is 2. The van der Waals surface area contributed by atoms with Crippen molar-refractivity contribution in [2.75, 3.05) is 19.6 Å². The highest BCUT2D eigenvalue weighted by molar-refractivity contribution is 5.79. The minimum Gasteiger partial charge on any atom is -0.386 e. The Morgan fingerprint density at radius 1 is 1.25 bits per heavy atom. The van der Waals surface area contributed by atoms with Gasteiger partial charge >= 0.3 is 0 Å². The lowest BCUT2D eigenvalue weighted by Crippen LogP contribution is -2.38. The van der Waals surface area contributed by atoms with Crippen molar-refractivity contribution in [1.82, 2.24) is 10.6 Å². The summed E-state index contributed by atoms with van der Waals surface area (Å²) >= 11 is 0. The Bertz CT molecular complexity index is 406. The molecular weight excluding hydrogens is 257 g/mol. The van der Waals surface area contributed by atoms with E-state index < -0.39 is 6.10 Å². The first-order chi connectivity index (χ1) is 9.67. The molecule has 20 heavy (non-hydrogen) atoms. The van der Waals surface area contributed by atoms with E-state index in [9.17, 15) is 9.50 Å². The van der Waals surface area contributed by atoms with Crippen molar-refractivity contribution in [3.8, 4) is 0 Å². The highest BCUT2D eigenvalue weighted by atomic mass is 19.1. The van der Waals surface area contributed by atoms with E-state index in [1.807, 2.05) is 6.92 Å². The molecule has 0 saturated heterocycles. The lowest BCUT2D eigenvalue weighted by atomic mass is 10.1. The molecule has 0 heterocycles. The molecule has 1 atom stereocenters. The van der Waals surface area contributed by atoms with E-state index in [1.54, 1.807) is 12.1 Å². The van der Waals surface area contributed by atoms with Gasteiger partial charge in [0, 0.05) is 13.1 Å². The van der Waals surface area contributed by atoms with Crippen LogP contribution in [0.2, 0.25) is 0 Å². The third-order valence-corrected chi connectivity index (χ3v) is 2.84. The topological polar surface area (TPSA) is 56.7 Å². The van der Waals surface area contributed by atoms with Crippen molar-refractivity contribution in [3.05, 3.63) is 35.6 Å². The number of aliphatic hydroxyl groups excluding tert-OH is 1. The maximum atomic E-state index is 12.8. The minimum atomic E-state index is -0.725. The van der Waals surface area contributed by atoms with Gasteiger partial charge in [-0.1, -0.05) is 25.5 Å². The predicted octanol–water partition coefficient (Wildman–Crippen LogP) is 2.21. The van der Waals surface area contributed by atoms with Crippen LogP contribution in [0.3, 0.4) is 0 Å². The van der Waals surface area contributed by atoms with Crippen molar-refractivity contribution in [1.29, 1.82) is 0 Å². The van der Waals surface area contributed by atoms with E-state index >= 15 is 0 Å². The maximum absolute atomic E-state index is 12.8. The Balaban J connectivity index is 2.54. The molecule has 5 heteroatoms. The summed E-state index contributed by atoms with van der Waals surface area (Å²) in [6, 6.07) is 5.83. The monoisotopic (exact) mass is 281 g/mol. The molecule has 0 aromatic heterocycles. The van der Waals surface area contributed by atoms with Crippen molar-refractivity contribution >= 4 is 5.96 Å². The number of rotatable bonds is 7. The number of halogens is 1. The van der Waals surface area contributed by atoms with Crippen molar-refractivity contribution in [2.45, 2.75) is 32.8 Å². The van der Waals surface area contributed by atoms with Gasteiger partial charge in [0.25, 0.3) is 0 Å². The van der Waals surface area contributed by atoms with E-state index in [1.165, 1.54) is 12.1 Å². The Labute approximate surface area is 120 Å². The predicted molar refractivity (Wildman–Crippen MR) is 80.2 cm³/mol. The highest BCUT2D eigenvalue weighted by Crippen LogP contribution is 2.13. The number of aliphatic hydroxyl groups is 1. The Morgan fingerprint density at radius 2 is 1.95 bits per heavy atom. The summed E-state index contributed by atoms with van der Waals surface area (Å²) in [5, 5.41) is 16.3. The zero-order chi connectivity index (χ0) is 14.8. The first-order valence-corrected chi connectivity index (χ1v) is 7.13. The van der Waals surface area contributed by atoms with E-state index in [0.29, 0.717) is 11.5 Å². The van der Waals surface area contributed by atoms with Crippen LogP contribution in [0, 0.1) is 5.82 Å². The normalized spacial score (nSPS) is 13.1. The van der Waals surface area contributed by atoms with Crippen LogP contribution >= 0.6 is 0 Å². The lowest BCUT2D eigenvalue weighted by molar-refractivity contribution is 0.187. The van der Waals surface area contributed by atoms with Crippen LogP contribution < -0.4 is 10.6 Å². The number of guanidine groups is 1. The van der Waals surface area contributed by atoms with Gasteiger partial charge in [0.2, 0.25) is 0 Å². The molecule has 3 N–H and O–H groups in total. The summed E-state index contributed by atoms with van der Waals surface area (Å²) in [6.45, 7) is 5.99. The molecule has 0 aliphatic carbocycles. The molecule has 112 valence electrons. The summed E-state index contributed by atoms with van der Waals surface area (Å²) in [4.78, 5) is 4.33. The lowest BCUT2D eigenvalue weighted by Gasteiger charge is -2.13. The van der Waals surface area contributed by atoms with Crippen LogP contribution in [0.1, 0.15) is 38.4 Å². The van der Waals surface area contributed by atoms with Gasteiger partial charge in [-0.15, -0.1) is 0 Å². The third kappa shape index (κ3) is 6.02. The number of nitrogens with one attached hydrogen (secondary N) is 2. The number of aliphatic imine (C=N–C) groups is 1. The van der Waals surface area contributed by atoms with Gasteiger partial charge < -0.3 is 15.7 Å². The fourth-order valence-electron chi connectivity index (χ4n) is 1.69. The number of hydrogen-bond donors (Lipinski definition) is 3. The van der Waals surface area contributed by atoms with E-state index in [0.717, 1.165) is 25.9 Å². The number of unbranched alkanes of at least 4 members (excludes halogenated alkanes) is 1. The summed E-state index contributed by atoms with van der Waals surface area (Å²) in [5.74, 6) is 0.390. The zero-order valence-electron chi connectivity index (χ0n) is 12.2. The second kappa shape index (κ2) is 9.31. The van der Waals surface area contributed by atoms with Crippen LogP contribution in [0.5, 0.6) is 0 Å². The largest absolute Gasteiger partial charge is 0.386 e. The van der Waals surface area contributed by atoms with Gasteiger partial charge in [-0.25, -0.2) is 4.39 Å². The van der Waals surface area contributed by atoms with Crippen LogP contribution in [0.25, 0.3) is 0 Å². The van der Waals surface area contributed by atoms with Gasteiger partial charge in [-0.05, 0) is 31.0 Å². The Hall–Kier alpha value is -1.62. The summed E-state index contributed by atoms with van der Waals surface area (Å²) in [6.07, 6.45) is 1.47. The molecule has 1 aromatic carbocycles. The number of nitrogens with zero attached hydrogens (tertiary/aromatic N) is 1. The van der Waals surface area contributed by atoms with Gasteiger partial charge in [-0.2, -0.15) is 0 Å². The Kier molecular flexibility index (Phi) is 7.65. The van der Waals surface area contributed by atoms with Gasteiger partial charge in [-0.3, -0.25) is 4.99 Å². The second-order valence-corrected chi connectivity index (χ2v) is 4.57. The maximum Gasteiger partial charge on any atom is 0.191 e. The van der Waals surface area contributed by atoms with E-state index in [-0.39, 0.29) is 12.4 Å². The molecule has 1 aromatic rings. The van der Waals surface area contributed by atoms with Crippen LogP contribution in [-0.4, -0.2) is 30.7 Å². The molecule has 1 rings (SSSR count). The molecule has 0 radical (unpaired) electrons. The number of benzene rings is 1. The quantitative estimate of drug-likeness (QED) is 0.408. The Morgan fingerprint density at radius 3 is 2.55 bits per heavy atom. The summed E-state index contributed by atoms with van der Waals surface area (Å²) in [7, 11) is 0. The fraction of sp³-hybridized carbons (Fsp3) is 0.533. The zero-order valence-corrected chi connectivity index (χ0v) is 12.2. The van der Waals surface area contributed by atoms with Crippen LogP contribution in [0.15, 0.2) is 29.3 Å². The fourth-order valence-corrected chi connectivity index (χ4v) is 1.69. The molecule has 0 aliphatic rings. The smallest absolute Gasteiger partial charge is 0.191 e. The summed E-state index contributed by atoms with van der Waals surface area (Å²) < 4.78 is 12.8. The minimum absolute atomic E-state index is 0.243. The van der Waals surface area contributed by atoms with E-state index in [2.05, 4.69) is 22.5 Å². The first kappa shape index (κ1) is 16.4. The molecule has 0 amide bonds. The third-order valence-electron chi connectivity index (χ3n) is 2.84. The van der Waals surface area contributed by atoms with Crippen molar-refractivity contribution in [3.63, 3.8) is 0 Å². The average molecular weight is 281 g/mol. The molecule has 0 fully saturated rings. The molecule has 0 bridgehead atoms. The molecule has 0 saturated carbocycles. The molecule has 1 unspecified atom stereocenters. The molecule has 0 spiro atoms. The van der Waals surface area contributed by atoms with Crippen molar-refractivity contribution < 1.29 is 9.50 Å². The van der Waals surface area contributed by atoms with Crippen LogP contribution in [-0.2, 0) is 0 Å². The van der Waals surface area contributed by atoms with E-state index in [4.69, 9.17) is 0 Å². The van der Waals surface area contributed by atoms with Crippen LogP contribution in [0.4, 0.5) is 4.39 Å². The molecule has 4 nitrogen and oxygen atoms in total. The summed E-state index contributed by atoms with van der Waals surface area (Å²) in [5.41, 5.74) is 0.666. The van der Waals surface area contributed by atoms with Gasteiger partial charge in [0.15, 0.2) is 5.96 Å². The first-order valence-electron chi connectivity index (χ1n) is 7.13. The molecule has 0 aliphatic heterocycles. The highest BCUT2D eigenvalue weighted by Gasteiger charge is 2.07. The standard InChI is InChI=1S/C15H24FN3O/c1-3-5-10-18-15(17-4-2)19-11-14(20)12-6-8-13(16)9-7-12/h6-9,14,20H,3-5,10-11H2,1-2H3,(H2,17,18,19). The van der Waals surface area contributed by atoms with Gasteiger partial charge in [0.05, 0.1) is 12.6 Å². The van der Waals surface area contributed by atoms with Gasteiger partial charge in [0.1, 0.15) is 5.82 Å². The van der Waals surface area contributed by atoms with Crippen molar-refractivity contribution in [2.24, 2.45) is 4.99 Å². The SMILES string of the molecule is CCCCNC(=NCC(O)c1ccc(F)cc1)NCC. The second-order valence-electron chi connectivity index (χ2n) is 4.57. The average Bonchev–Trinajstić information content (AvgIpc) is 2.45. The molecular formula is C15H24FN3O.